The van der Waals surface area contributed by atoms with Gasteiger partial charge in [-0.25, -0.2) is 0 Å². The molecule has 13 heavy (non-hydrogen) atoms. The van der Waals surface area contributed by atoms with Gasteiger partial charge in [0, 0.05) is 19.1 Å². The van der Waals surface area contributed by atoms with Gasteiger partial charge in [0.25, 0.3) is 0 Å². The number of rotatable bonds is 3. The Morgan fingerprint density at radius 1 is 1.38 bits per heavy atom. The summed E-state index contributed by atoms with van der Waals surface area (Å²) in [7, 11) is 2.19. The zero-order valence-electron chi connectivity index (χ0n) is 8.87. The maximum absolute atomic E-state index is 8.93. The number of aliphatic hydroxyl groups is 1. The van der Waals surface area contributed by atoms with Gasteiger partial charge in [0.2, 0.25) is 0 Å². The van der Waals surface area contributed by atoms with E-state index >= 15 is 0 Å². The van der Waals surface area contributed by atoms with Crippen LogP contribution in [0.3, 0.4) is 0 Å². The summed E-state index contributed by atoms with van der Waals surface area (Å²) < 4.78 is 0. The monoisotopic (exact) mass is 186 g/mol. The van der Waals surface area contributed by atoms with Gasteiger partial charge < -0.3 is 10.0 Å². The van der Waals surface area contributed by atoms with Gasteiger partial charge in [0.05, 0.1) is 6.61 Å². The molecule has 3 nitrogen and oxygen atoms in total. The first-order valence-corrected chi connectivity index (χ1v) is 5.31. The first kappa shape index (κ1) is 11.0. The Morgan fingerprint density at radius 3 is 2.77 bits per heavy atom. The predicted octanol–water partition coefficient (Wildman–Crippen LogP) is 0.395. The number of nitrogens with zero attached hydrogens (tertiary/aromatic N) is 2. The highest BCUT2D eigenvalue weighted by molar-refractivity contribution is 4.77. The van der Waals surface area contributed by atoms with Crippen molar-refractivity contribution in [1.82, 2.24) is 9.80 Å². The molecule has 3 heteroatoms. The Balaban J connectivity index is 2.48. The van der Waals surface area contributed by atoms with Crippen LogP contribution in [-0.2, 0) is 0 Å². The molecule has 0 radical (unpaired) electrons. The lowest BCUT2D eigenvalue weighted by atomic mass is 10.2. The minimum absolute atomic E-state index is 0.292. The Hall–Kier alpha value is -0.120. The molecule has 1 rings (SSSR count). The second-order valence-electron chi connectivity index (χ2n) is 3.94. The lowest BCUT2D eigenvalue weighted by Crippen LogP contribution is -2.41. The van der Waals surface area contributed by atoms with Gasteiger partial charge in [-0.1, -0.05) is 6.92 Å². The molecule has 0 aromatic heterocycles. The number of likely N-dealkylation sites (N-methyl/N-ethyl adjacent to an activating group) is 1. The van der Waals surface area contributed by atoms with E-state index in [-0.39, 0.29) is 0 Å². The van der Waals surface area contributed by atoms with Crippen molar-refractivity contribution in [1.29, 1.82) is 0 Å². The van der Waals surface area contributed by atoms with Gasteiger partial charge in [-0.2, -0.15) is 0 Å². The van der Waals surface area contributed by atoms with Crippen molar-refractivity contribution >= 4 is 0 Å². The first-order chi connectivity index (χ1) is 6.27. The molecule has 0 amide bonds. The van der Waals surface area contributed by atoms with Gasteiger partial charge in [0.1, 0.15) is 0 Å². The summed E-state index contributed by atoms with van der Waals surface area (Å²) in [5.41, 5.74) is 0. The second-order valence-corrected chi connectivity index (χ2v) is 3.94. The van der Waals surface area contributed by atoms with Crippen LogP contribution in [0, 0.1) is 0 Å². The smallest absolute Gasteiger partial charge is 0.0558 e. The van der Waals surface area contributed by atoms with E-state index in [1.54, 1.807) is 0 Å². The quantitative estimate of drug-likeness (QED) is 0.691. The van der Waals surface area contributed by atoms with Gasteiger partial charge in [-0.15, -0.1) is 0 Å². The summed E-state index contributed by atoms with van der Waals surface area (Å²) in [6, 6.07) is 0.639. The largest absolute Gasteiger partial charge is 0.395 e. The number of hydrogen-bond acceptors (Lipinski definition) is 3. The van der Waals surface area contributed by atoms with Crippen molar-refractivity contribution in [2.45, 2.75) is 25.8 Å². The van der Waals surface area contributed by atoms with Crippen molar-refractivity contribution < 1.29 is 5.11 Å². The van der Waals surface area contributed by atoms with Crippen molar-refractivity contribution in [2.75, 3.05) is 39.8 Å². The highest BCUT2D eigenvalue weighted by Gasteiger charge is 2.20. The van der Waals surface area contributed by atoms with Crippen LogP contribution >= 0.6 is 0 Å². The maximum atomic E-state index is 8.93. The average Bonchev–Trinajstić information content (AvgIpc) is 2.29. The van der Waals surface area contributed by atoms with E-state index in [1.807, 2.05) is 0 Å². The van der Waals surface area contributed by atoms with Crippen molar-refractivity contribution in [2.24, 2.45) is 0 Å². The van der Waals surface area contributed by atoms with Crippen LogP contribution in [0.25, 0.3) is 0 Å². The minimum Gasteiger partial charge on any atom is -0.395 e. The van der Waals surface area contributed by atoms with E-state index in [0.29, 0.717) is 12.6 Å². The van der Waals surface area contributed by atoms with Gasteiger partial charge >= 0.3 is 0 Å². The predicted molar refractivity (Wildman–Crippen MR) is 54.9 cm³/mol. The molecule has 1 saturated heterocycles. The minimum atomic E-state index is 0.292. The van der Waals surface area contributed by atoms with Crippen molar-refractivity contribution in [3.05, 3.63) is 0 Å². The molecule has 0 aromatic rings. The average molecular weight is 186 g/mol. The molecule has 1 heterocycles. The molecule has 1 aliphatic heterocycles. The molecular weight excluding hydrogens is 164 g/mol. The first-order valence-electron chi connectivity index (χ1n) is 5.31. The molecule has 0 spiro atoms. The van der Waals surface area contributed by atoms with Crippen LogP contribution in [0.1, 0.15) is 19.8 Å². The normalized spacial score (nSPS) is 27.5. The third-order valence-electron chi connectivity index (χ3n) is 2.88. The second kappa shape index (κ2) is 5.58. The molecule has 0 aliphatic carbocycles. The zero-order chi connectivity index (χ0) is 9.68. The number of aliphatic hydroxyl groups excluding tert-OH is 1. The lowest BCUT2D eigenvalue weighted by molar-refractivity contribution is 0.145. The molecule has 0 aromatic carbocycles. The Labute approximate surface area is 81.3 Å². The van der Waals surface area contributed by atoms with E-state index in [4.69, 9.17) is 5.11 Å². The third kappa shape index (κ3) is 3.25. The molecular formula is C10H22N2O. The molecule has 1 atom stereocenters. The summed E-state index contributed by atoms with van der Waals surface area (Å²) in [6.45, 7) is 6.85. The lowest BCUT2D eigenvalue weighted by Gasteiger charge is -2.29. The van der Waals surface area contributed by atoms with Gasteiger partial charge in [-0.05, 0) is 33.0 Å². The molecule has 0 saturated carbocycles. The standard InChI is InChI=1S/C10H22N2O/c1-3-10-9-11(2)5-4-6-12(10)7-8-13/h10,13H,3-9H2,1-2H3. The fraction of sp³-hybridized carbons (Fsp3) is 1.00. The molecule has 1 unspecified atom stereocenters. The maximum Gasteiger partial charge on any atom is 0.0558 e. The Morgan fingerprint density at radius 2 is 2.15 bits per heavy atom. The fourth-order valence-electron chi connectivity index (χ4n) is 2.10. The SMILES string of the molecule is CCC1CN(C)CCCN1CCO. The van der Waals surface area contributed by atoms with E-state index in [1.165, 1.54) is 19.4 Å². The Bertz CT molecular complexity index is 141. The van der Waals surface area contributed by atoms with Crippen LogP contribution in [0.4, 0.5) is 0 Å². The van der Waals surface area contributed by atoms with E-state index in [9.17, 15) is 0 Å². The summed E-state index contributed by atoms with van der Waals surface area (Å²) >= 11 is 0. The fourth-order valence-corrected chi connectivity index (χ4v) is 2.10. The van der Waals surface area contributed by atoms with Crippen LogP contribution in [0.5, 0.6) is 0 Å². The Kier molecular flexibility index (Phi) is 4.70. The van der Waals surface area contributed by atoms with E-state index in [2.05, 4.69) is 23.8 Å². The number of β-amino-alcohol motifs (C(OH)–C–C–N with tert-alkyl or cyclic N) is 1. The number of hydrogen-bond donors (Lipinski definition) is 1. The summed E-state index contributed by atoms with van der Waals surface area (Å²) in [5.74, 6) is 0. The van der Waals surface area contributed by atoms with Crippen LogP contribution in [0.15, 0.2) is 0 Å². The highest BCUT2D eigenvalue weighted by Crippen LogP contribution is 2.10. The molecule has 78 valence electrons. The summed E-state index contributed by atoms with van der Waals surface area (Å²) in [5, 5.41) is 8.93. The van der Waals surface area contributed by atoms with Crippen LogP contribution in [-0.4, -0.2) is 60.8 Å². The highest BCUT2D eigenvalue weighted by atomic mass is 16.3. The summed E-state index contributed by atoms with van der Waals surface area (Å²) in [6.07, 6.45) is 2.41. The van der Waals surface area contributed by atoms with Crippen molar-refractivity contribution in [3.63, 3.8) is 0 Å². The molecule has 0 bridgehead atoms. The van der Waals surface area contributed by atoms with E-state index < -0.39 is 0 Å². The topological polar surface area (TPSA) is 26.7 Å². The summed E-state index contributed by atoms with van der Waals surface area (Å²) in [4.78, 5) is 4.81. The molecule has 1 fully saturated rings. The van der Waals surface area contributed by atoms with Crippen LogP contribution in [0.2, 0.25) is 0 Å². The van der Waals surface area contributed by atoms with Crippen molar-refractivity contribution in [3.8, 4) is 0 Å². The van der Waals surface area contributed by atoms with Gasteiger partial charge in [-0.3, -0.25) is 4.90 Å². The molecule has 1 aliphatic rings. The van der Waals surface area contributed by atoms with E-state index in [0.717, 1.165) is 19.6 Å². The third-order valence-corrected chi connectivity index (χ3v) is 2.88. The van der Waals surface area contributed by atoms with Gasteiger partial charge in [0.15, 0.2) is 0 Å². The van der Waals surface area contributed by atoms with Crippen LogP contribution < -0.4 is 0 Å². The zero-order valence-corrected chi connectivity index (χ0v) is 8.87. The molecule has 1 N–H and O–H groups in total.